The van der Waals surface area contributed by atoms with Gasteiger partial charge in [0.2, 0.25) is 5.91 Å². The summed E-state index contributed by atoms with van der Waals surface area (Å²) in [7, 11) is 0. The predicted octanol–water partition coefficient (Wildman–Crippen LogP) is 4.50. The van der Waals surface area contributed by atoms with Crippen molar-refractivity contribution in [2.45, 2.75) is 31.8 Å². The zero-order chi connectivity index (χ0) is 18.8. The van der Waals surface area contributed by atoms with E-state index in [9.17, 15) is 4.79 Å². The Morgan fingerprint density at radius 1 is 1.04 bits per heavy atom. The summed E-state index contributed by atoms with van der Waals surface area (Å²) >= 11 is 0. The number of nitrogens with one attached hydrogen (secondary N) is 2. The fraction of sp³-hybridized carbons (Fsp3) is 0.261. The maximum Gasteiger partial charge on any atom is 0.220 e. The van der Waals surface area contributed by atoms with Crippen LogP contribution in [0.5, 0.6) is 0 Å². The first-order valence-corrected chi connectivity index (χ1v) is 9.08. The molecule has 2 atom stereocenters. The van der Waals surface area contributed by atoms with E-state index in [-0.39, 0.29) is 18.0 Å². The Morgan fingerprint density at radius 3 is 2.31 bits per heavy atom. The summed E-state index contributed by atoms with van der Waals surface area (Å²) in [6.45, 7) is 10.3. The van der Waals surface area contributed by atoms with Crippen molar-refractivity contribution in [3.05, 3.63) is 96.6 Å². The summed E-state index contributed by atoms with van der Waals surface area (Å²) in [6, 6.07) is 18.5. The van der Waals surface area contributed by atoms with Gasteiger partial charge in [-0.25, -0.2) is 0 Å². The second-order valence-electron chi connectivity index (χ2n) is 6.20. The quantitative estimate of drug-likeness (QED) is 0.621. The van der Waals surface area contributed by atoms with E-state index < -0.39 is 0 Å². The number of carbonyl (C=O) groups excluding carboxylic acids is 1. The van der Waals surface area contributed by atoms with Crippen LogP contribution in [0.15, 0.2) is 79.9 Å². The Balaban J connectivity index is 2.35. The highest BCUT2D eigenvalue weighted by atomic mass is 16.1. The van der Waals surface area contributed by atoms with Crippen LogP contribution in [0.4, 0.5) is 0 Å². The van der Waals surface area contributed by atoms with Gasteiger partial charge in [0.1, 0.15) is 0 Å². The van der Waals surface area contributed by atoms with Crippen molar-refractivity contribution in [3.63, 3.8) is 0 Å². The third-order valence-electron chi connectivity index (χ3n) is 4.37. The van der Waals surface area contributed by atoms with Crippen LogP contribution in [0.3, 0.4) is 0 Å². The summed E-state index contributed by atoms with van der Waals surface area (Å²) < 4.78 is 0. The second kappa shape index (κ2) is 10.4. The lowest BCUT2D eigenvalue weighted by Gasteiger charge is -2.25. The van der Waals surface area contributed by atoms with E-state index in [1.807, 2.05) is 31.2 Å². The first-order chi connectivity index (χ1) is 12.7. The molecule has 26 heavy (non-hydrogen) atoms. The van der Waals surface area contributed by atoms with Crippen LogP contribution < -0.4 is 10.6 Å². The molecule has 2 N–H and O–H groups in total. The van der Waals surface area contributed by atoms with E-state index >= 15 is 0 Å². The van der Waals surface area contributed by atoms with Gasteiger partial charge in [-0.2, -0.15) is 0 Å². The standard InChI is InChI=1S/C23H28N2O/c1-4-16-24-22(17-18-12-8-7-9-13-18)20-15-11-10-14-19(20)21(5-2)25-23(26)6-3/h4-5,7-15,21-22,24H,1-2,6,16-17H2,3H3,(H,25,26). The molecule has 2 rings (SSSR count). The van der Waals surface area contributed by atoms with E-state index in [1.165, 1.54) is 11.1 Å². The molecule has 0 aromatic heterocycles. The van der Waals surface area contributed by atoms with Gasteiger partial charge in [0.15, 0.2) is 0 Å². The van der Waals surface area contributed by atoms with Crippen molar-refractivity contribution in [3.8, 4) is 0 Å². The Bertz CT molecular complexity index is 724. The van der Waals surface area contributed by atoms with Gasteiger partial charge in [-0.3, -0.25) is 4.79 Å². The molecular weight excluding hydrogens is 320 g/mol. The van der Waals surface area contributed by atoms with Crippen molar-refractivity contribution < 1.29 is 4.79 Å². The number of rotatable bonds is 10. The molecule has 0 heterocycles. The van der Waals surface area contributed by atoms with E-state index in [1.54, 1.807) is 6.08 Å². The normalized spacial score (nSPS) is 12.8. The van der Waals surface area contributed by atoms with Gasteiger partial charge in [0, 0.05) is 19.0 Å². The number of carbonyl (C=O) groups is 1. The maximum atomic E-state index is 11.9. The molecule has 136 valence electrons. The predicted molar refractivity (Wildman–Crippen MR) is 109 cm³/mol. The molecule has 3 nitrogen and oxygen atoms in total. The second-order valence-corrected chi connectivity index (χ2v) is 6.20. The zero-order valence-corrected chi connectivity index (χ0v) is 15.4. The molecular formula is C23H28N2O. The lowest BCUT2D eigenvalue weighted by molar-refractivity contribution is -0.121. The molecule has 0 saturated carbocycles. The molecule has 2 unspecified atom stereocenters. The van der Waals surface area contributed by atoms with Crippen molar-refractivity contribution >= 4 is 5.91 Å². The van der Waals surface area contributed by atoms with Gasteiger partial charge >= 0.3 is 0 Å². The van der Waals surface area contributed by atoms with Crippen molar-refractivity contribution in [2.24, 2.45) is 0 Å². The van der Waals surface area contributed by atoms with Crippen LogP contribution in [0, 0.1) is 0 Å². The highest BCUT2D eigenvalue weighted by molar-refractivity contribution is 5.76. The monoisotopic (exact) mass is 348 g/mol. The first-order valence-electron chi connectivity index (χ1n) is 9.08. The summed E-state index contributed by atoms with van der Waals surface area (Å²) in [5, 5.41) is 6.60. The Hall–Kier alpha value is -2.65. The highest BCUT2D eigenvalue weighted by Gasteiger charge is 2.20. The number of benzene rings is 2. The van der Waals surface area contributed by atoms with Gasteiger partial charge < -0.3 is 10.6 Å². The largest absolute Gasteiger partial charge is 0.346 e. The average Bonchev–Trinajstić information content (AvgIpc) is 2.70. The molecule has 2 aromatic carbocycles. The zero-order valence-electron chi connectivity index (χ0n) is 15.4. The van der Waals surface area contributed by atoms with Crippen molar-refractivity contribution in [2.75, 3.05) is 6.54 Å². The lowest BCUT2D eigenvalue weighted by atomic mass is 9.91. The molecule has 1 amide bonds. The molecule has 0 saturated heterocycles. The van der Waals surface area contributed by atoms with Crippen LogP contribution in [0.25, 0.3) is 0 Å². The van der Waals surface area contributed by atoms with E-state index in [0.717, 1.165) is 12.0 Å². The summed E-state index contributed by atoms with van der Waals surface area (Å²) in [4.78, 5) is 11.9. The molecule has 0 bridgehead atoms. The van der Waals surface area contributed by atoms with Gasteiger partial charge in [-0.1, -0.05) is 73.7 Å². The molecule has 2 aromatic rings. The Kier molecular flexibility index (Phi) is 7.84. The van der Waals surface area contributed by atoms with Gasteiger partial charge in [0.25, 0.3) is 0 Å². The van der Waals surface area contributed by atoms with Crippen LogP contribution in [0.2, 0.25) is 0 Å². The minimum absolute atomic E-state index is 0.0170. The molecule has 0 aliphatic carbocycles. The van der Waals surface area contributed by atoms with E-state index in [4.69, 9.17) is 0 Å². The van der Waals surface area contributed by atoms with Gasteiger partial charge in [-0.05, 0) is 23.1 Å². The minimum Gasteiger partial charge on any atom is -0.346 e. The smallest absolute Gasteiger partial charge is 0.220 e. The Labute approximate surface area is 156 Å². The van der Waals surface area contributed by atoms with Crippen LogP contribution in [-0.2, 0) is 11.2 Å². The SMILES string of the molecule is C=CCNC(Cc1ccccc1)c1ccccc1C(C=C)NC(=O)CC. The first kappa shape index (κ1) is 19.7. The molecule has 3 heteroatoms. The Morgan fingerprint density at radius 2 is 1.69 bits per heavy atom. The van der Waals surface area contributed by atoms with Gasteiger partial charge in [0.05, 0.1) is 6.04 Å². The fourth-order valence-electron chi connectivity index (χ4n) is 3.02. The van der Waals surface area contributed by atoms with E-state index in [0.29, 0.717) is 13.0 Å². The number of amides is 1. The highest BCUT2D eigenvalue weighted by Crippen LogP contribution is 2.27. The van der Waals surface area contributed by atoms with Crippen LogP contribution in [-0.4, -0.2) is 12.5 Å². The summed E-state index contributed by atoms with van der Waals surface area (Å²) in [6.07, 6.45) is 4.97. The molecule has 0 spiro atoms. The summed E-state index contributed by atoms with van der Waals surface area (Å²) in [5.74, 6) is 0.0170. The van der Waals surface area contributed by atoms with Gasteiger partial charge in [-0.15, -0.1) is 13.2 Å². The molecule has 0 aliphatic rings. The van der Waals surface area contributed by atoms with Crippen molar-refractivity contribution in [1.29, 1.82) is 0 Å². The number of hydrogen-bond acceptors (Lipinski definition) is 2. The van der Waals surface area contributed by atoms with E-state index in [2.05, 4.69) is 60.2 Å². The molecule has 0 aliphatic heterocycles. The third kappa shape index (κ3) is 5.43. The lowest BCUT2D eigenvalue weighted by Crippen LogP contribution is -2.30. The number of hydrogen-bond donors (Lipinski definition) is 2. The topological polar surface area (TPSA) is 41.1 Å². The average molecular weight is 348 g/mol. The van der Waals surface area contributed by atoms with Crippen molar-refractivity contribution in [1.82, 2.24) is 10.6 Å². The fourth-order valence-corrected chi connectivity index (χ4v) is 3.02. The molecule has 0 fully saturated rings. The van der Waals surface area contributed by atoms with Crippen LogP contribution >= 0.6 is 0 Å². The minimum atomic E-state index is -0.206. The third-order valence-corrected chi connectivity index (χ3v) is 4.37. The maximum absolute atomic E-state index is 11.9. The van der Waals surface area contributed by atoms with Crippen LogP contribution in [0.1, 0.15) is 42.1 Å². The summed E-state index contributed by atoms with van der Waals surface area (Å²) in [5.41, 5.74) is 3.50. The molecule has 0 radical (unpaired) electrons.